The van der Waals surface area contributed by atoms with Gasteiger partial charge in [0.05, 0.1) is 6.54 Å². The molecule has 39 heavy (non-hydrogen) atoms. The first-order valence-corrected chi connectivity index (χ1v) is 11.4. The fourth-order valence-electron chi connectivity index (χ4n) is 3.27. The van der Waals surface area contributed by atoms with Gasteiger partial charge in [-0.2, -0.15) is 0 Å². The van der Waals surface area contributed by atoms with Gasteiger partial charge in [0.2, 0.25) is 5.88 Å². The molecule has 0 radical (unpaired) electrons. The summed E-state index contributed by atoms with van der Waals surface area (Å²) in [5, 5.41) is 31.2. The summed E-state index contributed by atoms with van der Waals surface area (Å²) in [4.78, 5) is 61.3. The largest absolute Gasteiger partial charge is 0.478 e. The summed E-state index contributed by atoms with van der Waals surface area (Å²) in [6, 6.07) is 3.56. The van der Waals surface area contributed by atoms with Gasteiger partial charge in [-0.15, -0.1) is 0 Å². The quantitative estimate of drug-likeness (QED) is 0.301. The maximum absolute atomic E-state index is 12.3. The van der Waals surface area contributed by atoms with Crippen molar-refractivity contribution in [1.29, 1.82) is 0 Å². The number of likely N-dealkylation sites (N-methyl/N-ethyl adjacent to an activating group) is 2. The van der Waals surface area contributed by atoms with Gasteiger partial charge in [-0.05, 0) is 25.6 Å². The van der Waals surface area contributed by atoms with Crippen molar-refractivity contribution in [3.8, 4) is 5.88 Å². The number of ether oxygens (including phenoxy) is 1. The Hall–Kier alpha value is -4.34. The number of pyridine rings is 1. The lowest BCUT2D eigenvalue weighted by Gasteiger charge is -2.33. The molecule has 1 aromatic heterocycles. The zero-order valence-electron chi connectivity index (χ0n) is 21.6. The van der Waals surface area contributed by atoms with Crippen LogP contribution < -0.4 is 4.74 Å². The van der Waals surface area contributed by atoms with Crippen molar-refractivity contribution >= 4 is 29.8 Å². The number of carbonyl (C=O) groups is 5. The number of fused-ring (bicyclic) bond motifs is 1. The number of carboxylic acid groups (broad SMARTS) is 4. The topological polar surface area (TPSA) is 230 Å². The maximum atomic E-state index is 12.3. The highest BCUT2D eigenvalue weighted by atomic mass is 16.5. The highest BCUT2D eigenvalue weighted by Crippen LogP contribution is 2.22. The number of rotatable bonds is 7. The van der Waals surface area contributed by atoms with E-state index >= 15 is 0 Å². The molecule has 15 heteroatoms. The molecule has 15 nitrogen and oxygen atoms in total. The van der Waals surface area contributed by atoms with Crippen LogP contribution in [0.1, 0.15) is 16.8 Å². The van der Waals surface area contributed by atoms with Gasteiger partial charge in [0.25, 0.3) is 5.91 Å². The van der Waals surface area contributed by atoms with Crippen LogP contribution in [0.15, 0.2) is 42.6 Å². The summed E-state index contributed by atoms with van der Waals surface area (Å²) in [5.74, 6) is -4.56. The Morgan fingerprint density at radius 3 is 1.87 bits per heavy atom. The first-order chi connectivity index (χ1) is 17.9. The molecule has 0 aliphatic carbocycles. The molecule has 0 spiro atoms. The minimum absolute atomic E-state index is 0. The predicted molar refractivity (Wildman–Crippen MR) is 137 cm³/mol. The SMILES string of the molecule is CN1CCN(CCC2CN(C)C(=O)c3cccnc3O2)CC1.O.O=C(O)/C=C/C(=O)O.O=C(O)/C=C/C(=O)O. The molecular weight excluding hydrogens is 520 g/mol. The van der Waals surface area contributed by atoms with E-state index < -0.39 is 23.9 Å². The lowest BCUT2D eigenvalue weighted by molar-refractivity contribution is -0.134. The Labute approximate surface area is 224 Å². The standard InChI is InChI=1S/C16H24N4O2.2C4H4O4.H2O/c1-18-8-10-20(11-9-18)7-5-13-12-19(2)16(21)14-4-3-6-17-15(14)22-13;2*5-3(6)1-2-4(7)8;/h3-4,6,13H,5,7-12H2,1-2H3;2*1-2H,(H,5,6)(H,7,8);1H2/b;2*2-1+;. The van der Waals surface area contributed by atoms with E-state index in [-0.39, 0.29) is 17.5 Å². The molecule has 0 bridgehead atoms. The van der Waals surface area contributed by atoms with Crippen LogP contribution in [0.5, 0.6) is 5.88 Å². The van der Waals surface area contributed by atoms with Gasteiger partial charge in [0.1, 0.15) is 11.7 Å². The Balaban J connectivity index is 0.000000708. The number of hydrogen-bond acceptors (Lipinski definition) is 9. The monoisotopic (exact) mass is 554 g/mol. The van der Waals surface area contributed by atoms with Gasteiger partial charge >= 0.3 is 23.9 Å². The van der Waals surface area contributed by atoms with Gasteiger partial charge < -0.3 is 45.3 Å². The zero-order chi connectivity index (χ0) is 28.7. The molecule has 1 amide bonds. The predicted octanol–water partition coefficient (Wildman–Crippen LogP) is -0.849. The van der Waals surface area contributed by atoms with Crippen LogP contribution in [0.2, 0.25) is 0 Å². The Bertz CT molecular complexity index is 971. The second-order valence-electron chi connectivity index (χ2n) is 8.23. The zero-order valence-corrected chi connectivity index (χ0v) is 21.6. The molecule has 216 valence electrons. The molecule has 1 aromatic rings. The number of nitrogens with zero attached hydrogens (tertiary/aromatic N) is 4. The second-order valence-corrected chi connectivity index (χ2v) is 8.23. The Morgan fingerprint density at radius 2 is 1.41 bits per heavy atom. The number of piperazine rings is 1. The van der Waals surface area contributed by atoms with Gasteiger partial charge in [0, 0.05) is 70.3 Å². The van der Waals surface area contributed by atoms with Gasteiger partial charge in [-0.25, -0.2) is 24.2 Å². The van der Waals surface area contributed by atoms with Crippen molar-refractivity contribution in [2.45, 2.75) is 12.5 Å². The number of amides is 1. The molecule has 0 saturated carbocycles. The minimum Gasteiger partial charge on any atom is -0.478 e. The van der Waals surface area contributed by atoms with Crippen molar-refractivity contribution in [3.63, 3.8) is 0 Å². The fraction of sp³-hybridized carbons (Fsp3) is 0.417. The molecular formula is C24H34N4O11. The number of hydrogen-bond donors (Lipinski definition) is 4. The van der Waals surface area contributed by atoms with Gasteiger partial charge in [0.15, 0.2) is 0 Å². The summed E-state index contributed by atoms with van der Waals surface area (Å²) in [5.41, 5.74) is 0.562. The third kappa shape index (κ3) is 14.9. The molecule has 3 heterocycles. The molecule has 1 saturated heterocycles. The highest BCUT2D eigenvalue weighted by Gasteiger charge is 2.28. The smallest absolute Gasteiger partial charge is 0.328 e. The van der Waals surface area contributed by atoms with Crippen molar-refractivity contribution in [1.82, 2.24) is 19.7 Å². The summed E-state index contributed by atoms with van der Waals surface area (Å²) in [7, 11) is 3.99. The number of carboxylic acids is 4. The summed E-state index contributed by atoms with van der Waals surface area (Å²) in [6.07, 6.45) is 4.83. The van der Waals surface area contributed by atoms with Gasteiger partial charge in [-0.1, -0.05) is 0 Å². The summed E-state index contributed by atoms with van der Waals surface area (Å²) in [6.45, 7) is 6.06. The van der Waals surface area contributed by atoms with Crippen molar-refractivity contribution in [2.75, 3.05) is 53.4 Å². The average molecular weight is 555 g/mol. The van der Waals surface area contributed by atoms with Crippen molar-refractivity contribution in [2.24, 2.45) is 0 Å². The highest BCUT2D eigenvalue weighted by molar-refractivity contribution is 5.96. The van der Waals surface area contributed by atoms with E-state index in [0.29, 0.717) is 42.3 Å². The van der Waals surface area contributed by atoms with Gasteiger partial charge in [-0.3, -0.25) is 4.79 Å². The molecule has 2 aliphatic heterocycles. The van der Waals surface area contributed by atoms with E-state index in [0.717, 1.165) is 39.1 Å². The third-order valence-electron chi connectivity index (χ3n) is 5.20. The lowest BCUT2D eigenvalue weighted by atomic mass is 10.2. The Morgan fingerprint density at radius 1 is 0.923 bits per heavy atom. The number of aliphatic carboxylic acids is 4. The van der Waals surface area contributed by atoms with E-state index in [1.807, 2.05) is 7.05 Å². The van der Waals surface area contributed by atoms with E-state index in [2.05, 4.69) is 21.8 Å². The summed E-state index contributed by atoms with van der Waals surface area (Å²) >= 11 is 0. The van der Waals surface area contributed by atoms with Crippen LogP contribution in [-0.4, -0.2) is 135 Å². The molecule has 2 aliphatic rings. The second kappa shape index (κ2) is 18.0. The van der Waals surface area contributed by atoms with Crippen LogP contribution in [0.3, 0.4) is 0 Å². The first kappa shape index (κ1) is 34.7. The maximum Gasteiger partial charge on any atom is 0.328 e. The molecule has 1 atom stereocenters. The number of aromatic nitrogens is 1. The minimum atomic E-state index is -1.26. The first-order valence-electron chi connectivity index (χ1n) is 11.4. The normalized spacial score (nSPS) is 17.3. The number of carbonyl (C=O) groups excluding carboxylic acids is 1. The average Bonchev–Trinajstić information content (AvgIpc) is 2.98. The van der Waals surface area contributed by atoms with Crippen molar-refractivity contribution < 1.29 is 54.6 Å². The van der Waals surface area contributed by atoms with E-state index in [1.165, 1.54) is 0 Å². The van der Waals surface area contributed by atoms with Crippen LogP contribution in [-0.2, 0) is 19.2 Å². The van der Waals surface area contributed by atoms with Crippen LogP contribution in [0.4, 0.5) is 0 Å². The molecule has 1 unspecified atom stereocenters. The third-order valence-corrected chi connectivity index (χ3v) is 5.20. The van der Waals surface area contributed by atoms with E-state index in [4.69, 9.17) is 25.2 Å². The molecule has 1 fully saturated rings. The Kier molecular flexibility index (Phi) is 16.0. The van der Waals surface area contributed by atoms with Crippen LogP contribution in [0.25, 0.3) is 0 Å². The summed E-state index contributed by atoms with van der Waals surface area (Å²) < 4.78 is 6.00. The van der Waals surface area contributed by atoms with E-state index in [9.17, 15) is 24.0 Å². The molecule has 3 rings (SSSR count). The molecule has 0 aromatic carbocycles. The van der Waals surface area contributed by atoms with Crippen molar-refractivity contribution in [3.05, 3.63) is 48.2 Å². The lowest BCUT2D eigenvalue weighted by Crippen LogP contribution is -2.46. The van der Waals surface area contributed by atoms with Crippen LogP contribution >= 0.6 is 0 Å². The van der Waals surface area contributed by atoms with E-state index in [1.54, 1.807) is 23.2 Å². The fourth-order valence-corrected chi connectivity index (χ4v) is 3.27. The molecule has 6 N–H and O–H groups in total. The van der Waals surface area contributed by atoms with Crippen LogP contribution in [0, 0.1) is 0 Å².